The second-order valence-corrected chi connectivity index (χ2v) is 4.25. The van der Waals surface area contributed by atoms with E-state index in [-0.39, 0.29) is 17.9 Å². The highest BCUT2D eigenvalue weighted by molar-refractivity contribution is 5.79. The minimum absolute atomic E-state index is 0.0581. The average molecular weight is 198 g/mol. The fraction of sp³-hybridized carbons (Fsp3) is 0.900. The summed E-state index contributed by atoms with van der Waals surface area (Å²) in [4.78, 5) is 11.7. The lowest BCUT2D eigenvalue weighted by molar-refractivity contribution is -0.125. The molecule has 2 unspecified atom stereocenters. The van der Waals surface area contributed by atoms with Gasteiger partial charge in [0.2, 0.25) is 5.91 Å². The zero-order valence-electron chi connectivity index (χ0n) is 8.37. The van der Waals surface area contributed by atoms with Crippen LogP contribution in [0.2, 0.25) is 0 Å². The zero-order valence-corrected chi connectivity index (χ0v) is 8.37. The summed E-state index contributed by atoms with van der Waals surface area (Å²) in [6.45, 7) is 1.85. The molecule has 4 nitrogen and oxygen atoms in total. The van der Waals surface area contributed by atoms with Crippen molar-refractivity contribution in [2.75, 3.05) is 19.8 Å². The maximum atomic E-state index is 11.7. The van der Waals surface area contributed by atoms with E-state index in [4.69, 9.17) is 10.5 Å². The van der Waals surface area contributed by atoms with Crippen molar-refractivity contribution < 1.29 is 9.53 Å². The number of nitrogens with two attached hydrogens (primary N) is 1. The monoisotopic (exact) mass is 198 g/mol. The second-order valence-electron chi connectivity index (χ2n) is 4.25. The largest absolute Gasteiger partial charge is 0.381 e. The maximum Gasteiger partial charge on any atom is 0.225 e. The first-order valence-electron chi connectivity index (χ1n) is 5.39. The Morgan fingerprint density at radius 3 is 2.79 bits per heavy atom. The molecule has 1 aliphatic heterocycles. The molecule has 0 bridgehead atoms. The van der Waals surface area contributed by atoms with Crippen LogP contribution in [0, 0.1) is 11.8 Å². The molecule has 1 heterocycles. The molecule has 3 N–H and O–H groups in total. The molecule has 0 aromatic heterocycles. The van der Waals surface area contributed by atoms with E-state index < -0.39 is 0 Å². The normalized spacial score (nSPS) is 28.8. The molecule has 2 fully saturated rings. The number of hydrogen-bond acceptors (Lipinski definition) is 3. The molecule has 2 aliphatic rings. The van der Waals surface area contributed by atoms with Crippen molar-refractivity contribution in [3.63, 3.8) is 0 Å². The maximum absolute atomic E-state index is 11.7. The molecule has 0 radical (unpaired) electrons. The molecule has 0 aromatic carbocycles. The Kier molecular flexibility index (Phi) is 3.03. The van der Waals surface area contributed by atoms with Crippen LogP contribution >= 0.6 is 0 Å². The summed E-state index contributed by atoms with van der Waals surface area (Å²) in [7, 11) is 0. The van der Waals surface area contributed by atoms with Crippen molar-refractivity contribution in [3.8, 4) is 0 Å². The number of carbonyl (C=O) groups is 1. The van der Waals surface area contributed by atoms with Crippen LogP contribution in [0.25, 0.3) is 0 Å². The Hall–Kier alpha value is -0.610. The van der Waals surface area contributed by atoms with Crippen LogP contribution in [0.15, 0.2) is 0 Å². The third-order valence-electron chi connectivity index (χ3n) is 3.07. The fourth-order valence-electron chi connectivity index (χ4n) is 1.91. The van der Waals surface area contributed by atoms with Gasteiger partial charge in [0.1, 0.15) is 0 Å². The van der Waals surface area contributed by atoms with Gasteiger partial charge in [0.05, 0.1) is 12.5 Å². The Morgan fingerprint density at radius 2 is 2.29 bits per heavy atom. The zero-order chi connectivity index (χ0) is 9.97. The third-order valence-corrected chi connectivity index (χ3v) is 3.07. The van der Waals surface area contributed by atoms with Crippen LogP contribution in [-0.4, -0.2) is 31.7 Å². The molecule has 1 saturated carbocycles. The average Bonchev–Trinajstić information content (AvgIpc) is 2.88. The molecule has 2 atom stereocenters. The molecule has 1 saturated heterocycles. The van der Waals surface area contributed by atoms with Crippen LogP contribution in [-0.2, 0) is 9.53 Å². The summed E-state index contributed by atoms with van der Waals surface area (Å²) < 4.78 is 5.18. The van der Waals surface area contributed by atoms with Gasteiger partial charge in [-0.1, -0.05) is 0 Å². The van der Waals surface area contributed by atoms with Gasteiger partial charge in [-0.3, -0.25) is 4.79 Å². The first-order chi connectivity index (χ1) is 6.81. The lowest BCUT2D eigenvalue weighted by Crippen LogP contribution is -2.44. The molecule has 2 rings (SSSR count). The van der Waals surface area contributed by atoms with Gasteiger partial charge in [-0.25, -0.2) is 0 Å². The van der Waals surface area contributed by atoms with Crippen molar-refractivity contribution in [1.82, 2.24) is 5.32 Å². The van der Waals surface area contributed by atoms with E-state index in [1.807, 2.05) is 0 Å². The van der Waals surface area contributed by atoms with E-state index in [1.54, 1.807) is 0 Å². The van der Waals surface area contributed by atoms with Gasteiger partial charge >= 0.3 is 0 Å². The standard InChI is InChI=1S/C10H18N2O2/c11-5-9(7-1-2-7)12-10(13)8-3-4-14-6-8/h7-9H,1-6,11H2,(H,12,13). The number of nitrogens with one attached hydrogen (secondary N) is 1. The van der Waals surface area contributed by atoms with Crippen molar-refractivity contribution in [2.45, 2.75) is 25.3 Å². The van der Waals surface area contributed by atoms with Crippen LogP contribution in [0.3, 0.4) is 0 Å². The summed E-state index contributed by atoms with van der Waals surface area (Å²) in [6.07, 6.45) is 3.28. The Labute approximate surface area is 84.2 Å². The highest BCUT2D eigenvalue weighted by Crippen LogP contribution is 2.32. The summed E-state index contributed by atoms with van der Waals surface area (Å²) >= 11 is 0. The number of hydrogen-bond donors (Lipinski definition) is 2. The highest BCUT2D eigenvalue weighted by Gasteiger charge is 2.33. The van der Waals surface area contributed by atoms with Gasteiger partial charge in [0.15, 0.2) is 0 Å². The van der Waals surface area contributed by atoms with Crippen molar-refractivity contribution in [3.05, 3.63) is 0 Å². The number of carbonyl (C=O) groups excluding carboxylic acids is 1. The van der Waals surface area contributed by atoms with Gasteiger partial charge in [0.25, 0.3) is 0 Å². The van der Waals surface area contributed by atoms with Crippen LogP contribution in [0.5, 0.6) is 0 Å². The summed E-state index contributed by atoms with van der Waals surface area (Å²) in [6, 6.07) is 0.197. The lowest BCUT2D eigenvalue weighted by atomic mass is 10.1. The van der Waals surface area contributed by atoms with Crippen LogP contribution in [0.1, 0.15) is 19.3 Å². The van der Waals surface area contributed by atoms with Gasteiger partial charge < -0.3 is 15.8 Å². The Balaban J connectivity index is 1.79. The summed E-state index contributed by atoms with van der Waals surface area (Å²) in [5, 5.41) is 3.03. The van der Waals surface area contributed by atoms with E-state index in [2.05, 4.69) is 5.32 Å². The topological polar surface area (TPSA) is 64.3 Å². The van der Waals surface area contributed by atoms with Crippen LogP contribution < -0.4 is 11.1 Å². The minimum atomic E-state index is 0.0581. The molecule has 14 heavy (non-hydrogen) atoms. The molecule has 0 spiro atoms. The molecule has 1 amide bonds. The number of ether oxygens (including phenoxy) is 1. The van der Waals surface area contributed by atoms with Crippen molar-refractivity contribution in [2.24, 2.45) is 17.6 Å². The van der Waals surface area contributed by atoms with Crippen molar-refractivity contribution in [1.29, 1.82) is 0 Å². The third kappa shape index (κ3) is 2.25. The highest BCUT2D eigenvalue weighted by atomic mass is 16.5. The lowest BCUT2D eigenvalue weighted by Gasteiger charge is -2.18. The van der Waals surface area contributed by atoms with E-state index in [1.165, 1.54) is 12.8 Å². The van der Waals surface area contributed by atoms with Gasteiger partial charge in [0, 0.05) is 19.2 Å². The van der Waals surface area contributed by atoms with Crippen LogP contribution in [0.4, 0.5) is 0 Å². The fourth-order valence-corrected chi connectivity index (χ4v) is 1.91. The summed E-state index contributed by atoms with van der Waals surface area (Å²) in [5.41, 5.74) is 5.61. The molecule has 80 valence electrons. The smallest absolute Gasteiger partial charge is 0.225 e. The quantitative estimate of drug-likeness (QED) is 0.661. The summed E-state index contributed by atoms with van der Waals surface area (Å²) in [5.74, 6) is 0.818. The molecule has 4 heteroatoms. The second kappa shape index (κ2) is 4.28. The van der Waals surface area contributed by atoms with Crippen molar-refractivity contribution >= 4 is 5.91 Å². The molecule has 0 aromatic rings. The first-order valence-corrected chi connectivity index (χ1v) is 5.39. The SMILES string of the molecule is NCC(NC(=O)C1CCOC1)C1CC1. The Bertz CT molecular complexity index is 210. The van der Waals surface area contributed by atoms with Gasteiger partial charge in [-0.15, -0.1) is 0 Å². The molecular weight excluding hydrogens is 180 g/mol. The number of rotatable bonds is 4. The van der Waals surface area contributed by atoms with E-state index in [0.29, 0.717) is 19.1 Å². The minimum Gasteiger partial charge on any atom is -0.381 e. The van der Waals surface area contributed by atoms with Gasteiger partial charge in [-0.05, 0) is 25.2 Å². The van der Waals surface area contributed by atoms with E-state index >= 15 is 0 Å². The van der Waals surface area contributed by atoms with E-state index in [0.717, 1.165) is 13.0 Å². The molecular formula is C10H18N2O2. The van der Waals surface area contributed by atoms with E-state index in [9.17, 15) is 4.79 Å². The van der Waals surface area contributed by atoms with Gasteiger partial charge in [-0.2, -0.15) is 0 Å². The Morgan fingerprint density at radius 1 is 1.50 bits per heavy atom. The predicted octanol–water partition coefficient (Wildman–Crippen LogP) is -0.124. The molecule has 1 aliphatic carbocycles. The predicted molar refractivity (Wildman–Crippen MR) is 52.6 cm³/mol. The first kappa shape index (κ1) is 9.93. The number of amides is 1.